The second kappa shape index (κ2) is 5.23. The molecule has 1 aromatic heterocycles. The molecule has 0 spiro atoms. The van der Waals surface area contributed by atoms with E-state index < -0.39 is 0 Å². The summed E-state index contributed by atoms with van der Waals surface area (Å²) in [4.78, 5) is 8.14. The average Bonchev–Trinajstić information content (AvgIpc) is 2.33. The Hall–Kier alpha value is -1.94. The molecule has 4 heteroatoms. The Morgan fingerprint density at radius 2 is 1.69 bits per heavy atom. The van der Waals surface area contributed by atoms with Gasteiger partial charge in [-0.15, -0.1) is 0 Å². The molecule has 1 heterocycles. The molecule has 0 atom stereocenters. The highest BCUT2D eigenvalue weighted by Crippen LogP contribution is 2.07. The molecule has 16 heavy (non-hydrogen) atoms. The molecule has 0 bridgehead atoms. The fourth-order valence-electron chi connectivity index (χ4n) is 1.28. The smallest absolute Gasteiger partial charge is 0.153 e. The van der Waals surface area contributed by atoms with Crippen molar-refractivity contribution in [3.8, 4) is 0 Å². The Bertz CT molecular complexity index is 428. The van der Waals surface area contributed by atoms with E-state index in [4.69, 9.17) is 10.5 Å². The minimum atomic E-state index is 0.422. The lowest BCUT2D eigenvalue weighted by Gasteiger charge is -2.03. The van der Waals surface area contributed by atoms with Crippen LogP contribution in [0, 0.1) is 0 Å². The summed E-state index contributed by atoms with van der Waals surface area (Å²) in [5, 5.41) is 0. The summed E-state index contributed by atoms with van der Waals surface area (Å²) in [7, 11) is 0. The Balaban J connectivity index is 1.82. The van der Waals surface area contributed by atoms with Crippen LogP contribution in [0.5, 0.6) is 0 Å². The lowest BCUT2D eigenvalue weighted by molar-refractivity contribution is 0.102. The van der Waals surface area contributed by atoms with Gasteiger partial charge in [0.15, 0.2) is 5.82 Å². The number of rotatable bonds is 4. The van der Waals surface area contributed by atoms with E-state index in [9.17, 15) is 0 Å². The SMILES string of the molecule is Nc1ccc(COCc2ncccn2)cc1. The molecule has 0 aliphatic rings. The number of nitrogen functional groups attached to an aromatic ring is 1. The van der Waals surface area contributed by atoms with E-state index in [1.165, 1.54) is 0 Å². The van der Waals surface area contributed by atoms with Crippen LogP contribution in [-0.2, 0) is 18.0 Å². The molecule has 1 aromatic carbocycles. The maximum Gasteiger partial charge on any atom is 0.153 e. The highest BCUT2D eigenvalue weighted by molar-refractivity contribution is 5.39. The van der Waals surface area contributed by atoms with Crippen molar-refractivity contribution in [3.63, 3.8) is 0 Å². The largest absolute Gasteiger partial charge is 0.399 e. The molecule has 0 aliphatic heterocycles. The summed E-state index contributed by atoms with van der Waals surface area (Å²) in [5.74, 6) is 0.693. The standard InChI is InChI=1S/C12H13N3O/c13-11-4-2-10(3-5-11)8-16-9-12-14-6-1-7-15-12/h1-7H,8-9,13H2. The molecule has 4 nitrogen and oxygen atoms in total. The van der Waals surface area contributed by atoms with E-state index >= 15 is 0 Å². The van der Waals surface area contributed by atoms with Gasteiger partial charge in [-0.25, -0.2) is 9.97 Å². The third kappa shape index (κ3) is 3.03. The molecule has 0 amide bonds. The van der Waals surface area contributed by atoms with Crippen LogP contribution in [0.2, 0.25) is 0 Å². The van der Waals surface area contributed by atoms with E-state index in [-0.39, 0.29) is 0 Å². The van der Waals surface area contributed by atoms with Crippen LogP contribution in [0.1, 0.15) is 11.4 Å². The first-order valence-electron chi connectivity index (χ1n) is 5.02. The van der Waals surface area contributed by atoms with Gasteiger partial charge in [0.25, 0.3) is 0 Å². The lowest BCUT2D eigenvalue weighted by Crippen LogP contribution is -1.98. The van der Waals surface area contributed by atoms with Gasteiger partial charge in [0.1, 0.15) is 6.61 Å². The molecular formula is C12H13N3O. The predicted molar refractivity (Wildman–Crippen MR) is 61.4 cm³/mol. The predicted octanol–water partition coefficient (Wildman–Crippen LogP) is 1.78. The van der Waals surface area contributed by atoms with Crippen molar-refractivity contribution in [2.45, 2.75) is 13.2 Å². The summed E-state index contributed by atoms with van der Waals surface area (Å²) in [6.07, 6.45) is 3.41. The summed E-state index contributed by atoms with van der Waals surface area (Å²) >= 11 is 0. The van der Waals surface area contributed by atoms with Gasteiger partial charge < -0.3 is 10.5 Å². The Labute approximate surface area is 94.1 Å². The van der Waals surface area contributed by atoms with Gasteiger partial charge in [0.05, 0.1) is 6.61 Å². The number of hydrogen-bond donors (Lipinski definition) is 1. The molecule has 82 valence electrons. The van der Waals surface area contributed by atoms with Crippen LogP contribution in [-0.4, -0.2) is 9.97 Å². The maximum atomic E-state index is 5.59. The second-order valence-electron chi connectivity index (χ2n) is 3.40. The zero-order chi connectivity index (χ0) is 11.2. The third-order valence-corrected chi connectivity index (χ3v) is 2.10. The van der Waals surface area contributed by atoms with Crippen molar-refractivity contribution in [2.75, 3.05) is 5.73 Å². The Morgan fingerprint density at radius 3 is 2.38 bits per heavy atom. The molecule has 0 saturated heterocycles. The normalized spacial score (nSPS) is 10.2. The van der Waals surface area contributed by atoms with Crippen LogP contribution in [0.25, 0.3) is 0 Å². The summed E-state index contributed by atoms with van der Waals surface area (Å²) in [5.41, 5.74) is 7.43. The van der Waals surface area contributed by atoms with Gasteiger partial charge in [-0.2, -0.15) is 0 Å². The van der Waals surface area contributed by atoms with Crippen molar-refractivity contribution in [3.05, 3.63) is 54.1 Å². The summed E-state index contributed by atoms with van der Waals surface area (Å²) in [6, 6.07) is 9.39. The van der Waals surface area contributed by atoms with Crippen LogP contribution in [0.4, 0.5) is 5.69 Å². The zero-order valence-electron chi connectivity index (χ0n) is 8.84. The third-order valence-electron chi connectivity index (χ3n) is 2.10. The number of ether oxygens (including phenoxy) is 1. The maximum absolute atomic E-state index is 5.59. The molecule has 2 aromatic rings. The minimum absolute atomic E-state index is 0.422. The summed E-state index contributed by atoms with van der Waals surface area (Å²) in [6.45, 7) is 0.962. The Kier molecular flexibility index (Phi) is 3.46. The number of nitrogens with two attached hydrogens (primary N) is 1. The van der Waals surface area contributed by atoms with Crippen molar-refractivity contribution < 1.29 is 4.74 Å². The van der Waals surface area contributed by atoms with Gasteiger partial charge in [0, 0.05) is 18.1 Å². The average molecular weight is 215 g/mol. The van der Waals surface area contributed by atoms with Crippen molar-refractivity contribution >= 4 is 5.69 Å². The monoisotopic (exact) mass is 215 g/mol. The van der Waals surface area contributed by atoms with E-state index in [0.29, 0.717) is 19.0 Å². The number of anilines is 1. The molecule has 2 N–H and O–H groups in total. The number of benzene rings is 1. The fraction of sp³-hybridized carbons (Fsp3) is 0.167. The van der Waals surface area contributed by atoms with Gasteiger partial charge in [0.2, 0.25) is 0 Å². The van der Waals surface area contributed by atoms with Gasteiger partial charge in [-0.3, -0.25) is 0 Å². The van der Waals surface area contributed by atoms with Gasteiger partial charge in [-0.1, -0.05) is 12.1 Å². The van der Waals surface area contributed by atoms with E-state index in [1.807, 2.05) is 24.3 Å². The molecule has 0 fully saturated rings. The Morgan fingerprint density at radius 1 is 1.00 bits per heavy atom. The topological polar surface area (TPSA) is 61.0 Å². The van der Waals surface area contributed by atoms with Gasteiger partial charge in [-0.05, 0) is 23.8 Å². The number of nitrogens with zero attached hydrogens (tertiary/aromatic N) is 2. The van der Waals surface area contributed by atoms with Crippen molar-refractivity contribution in [1.29, 1.82) is 0 Å². The van der Waals surface area contributed by atoms with E-state index in [1.54, 1.807) is 18.5 Å². The zero-order valence-corrected chi connectivity index (χ0v) is 8.84. The quantitative estimate of drug-likeness (QED) is 0.790. The van der Waals surface area contributed by atoms with E-state index in [0.717, 1.165) is 11.3 Å². The van der Waals surface area contributed by atoms with Crippen LogP contribution < -0.4 is 5.73 Å². The van der Waals surface area contributed by atoms with Gasteiger partial charge >= 0.3 is 0 Å². The minimum Gasteiger partial charge on any atom is -0.399 e. The summed E-state index contributed by atoms with van der Waals surface area (Å²) < 4.78 is 5.48. The number of aromatic nitrogens is 2. The lowest BCUT2D eigenvalue weighted by atomic mass is 10.2. The fourth-order valence-corrected chi connectivity index (χ4v) is 1.28. The molecule has 0 unspecified atom stereocenters. The molecule has 0 saturated carbocycles. The second-order valence-corrected chi connectivity index (χ2v) is 3.40. The number of hydrogen-bond acceptors (Lipinski definition) is 4. The molecule has 2 rings (SSSR count). The first kappa shape index (κ1) is 10.6. The molecule has 0 aliphatic carbocycles. The highest BCUT2D eigenvalue weighted by Gasteiger charge is 1.96. The molecular weight excluding hydrogens is 202 g/mol. The first-order valence-corrected chi connectivity index (χ1v) is 5.02. The van der Waals surface area contributed by atoms with Crippen LogP contribution in [0.3, 0.4) is 0 Å². The highest BCUT2D eigenvalue weighted by atomic mass is 16.5. The van der Waals surface area contributed by atoms with Crippen molar-refractivity contribution in [1.82, 2.24) is 9.97 Å². The molecule has 0 radical (unpaired) electrons. The van der Waals surface area contributed by atoms with Crippen molar-refractivity contribution in [2.24, 2.45) is 0 Å². The first-order chi connectivity index (χ1) is 7.84. The van der Waals surface area contributed by atoms with E-state index in [2.05, 4.69) is 9.97 Å². The van der Waals surface area contributed by atoms with Crippen LogP contribution >= 0.6 is 0 Å². The van der Waals surface area contributed by atoms with Crippen LogP contribution in [0.15, 0.2) is 42.7 Å².